The molecule has 0 aliphatic rings. The Morgan fingerprint density at radius 1 is 1.00 bits per heavy atom. The molecule has 2 aromatic carbocycles. The van der Waals surface area contributed by atoms with Crippen LogP contribution in [0, 0.1) is 19.8 Å². The van der Waals surface area contributed by atoms with Crippen molar-refractivity contribution in [1.29, 1.82) is 0 Å². The first-order valence-electron chi connectivity index (χ1n) is 11.7. The Morgan fingerprint density at radius 3 is 2.26 bits per heavy atom. The molecule has 3 rings (SSSR count). The molecule has 186 valence electrons. The summed E-state index contributed by atoms with van der Waals surface area (Å²) >= 11 is 0. The van der Waals surface area contributed by atoms with Gasteiger partial charge in [0.15, 0.2) is 0 Å². The summed E-state index contributed by atoms with van der Waals surface area (Å²) < 4.78 is 16.6. The highest BCUT2D eigenvalue weighted by Gasteiger charge is 2.29. The van der Waals surface area contributed by atoms with Crippen molar-refractivity contribution < 1.29 is 23.5 Å². The fraction of sp³-hybridized carbons (Fsp3) is 0.393. The lowest BCUT2D eigenvalue weighted by Crippen LogP contribution is -2.48. The van der Waals surface area contributed by atoms with Crippen LogP contribution in [0.4, 0.5) is 4.79 Å². The number of rotatable bonds is 6. The zero-order valence-corrected chi connectivity index (χ0v) is 21.4. The summed E-state index contributed by atoms with van der Waals surface area (Å²) in [5.74, 6) is -0.609. The van der Waals surface area contributed by atoms with E-state index in [4.69, 9.17) is 13.9 Å². The van der Waals surface area contributed by atoms with Crippen molar-refractivity contribution in [2.24, 2.45) is 5.92 Å². The van der Waals surface area contributed by atoms with E-state index in [9.17, 15) is 14.4 Å². The molecule has 0 aliphatic heterocycles. The molecule has 0 saturated carbocycles. The summed E-state index contributed by atoms with van der Waals surface area (Å²) in [6, 6.07) is 12.3. The van der Waals surface area contributed by atoms with Gasteiger partial charge in [-0.15, -0.1) is 0 Å². The third kappa shape index (κ3) is 6.29. The van der Waals surface area contributed by atoms with Crippen molar-refractivity contribution in [2.45, 2.75) is 66.5 Å². The van der Waals surface area contributed by atoms with Crippen LogP contribution in [0.1, 0.15) is 56.9 Å². The van der Waals surface area contributed by atoms with Crippen LogP contribution in [0.25, 0.3) is 11.0 Å². The van der Waals surface area contributed by atoms with Crippen LogP contribution in [0.5, 0.6) is 5.75 Å². The van der Waals surface area contributed by atoms with Crippen molar-refractivity contribution in [3.8, 4) is 5.75 Å². The van der Waals surface area contributed by atoms with Crippen molar-refractivity contribution in [3.63, 3.8) is 0 Å². The Kier molecular flexibility index (Phi) is 7.68. The lowest BCUT2D eigenvalue weighted by molar-refractivity contribution is -0.138. The number of carbonyl (C=O) groups is 2. The highest BCUT2D eigenvalue weighted by molar-refractivity contribution is 5.88. The van der Waals surface area contributed by atoms with Gasteiger partial charge in [-0.25, -0.2) is 14.4 Å². The van der Waals surface area contributed by atoms with Gasteiger partial charge in [-0.3, -0.25) is 0 Å². The molecule has 1 atom stereocenters. The summed E-state index contributed by atoms with van der Waals surface area (Å²) in [5.41, 5.74) is 2.22. The van der Waals surface area contributed by atoms with Gasteiger partial charge >= 0.3 is 17.7 Å². The second kappa shape index (κ2) is 10.3. The number of esters is 1. The summed E-state index contributed by atoms with van der Waals surface area (Å²) in [7, 11) is 0. The van der Waals surface area contributed by atoms with Crippen LogP contribution in [0.3, 0.4) is 0 Å². The Bertz CT molecular complexity index is 1280. The van der Waals surface area contributed by atoms with Gasteiger partial charge in [-0.05, 0) is 63.8 Å². The molecular formula is C28H33NO6. The molecule has 1 N–H and O–H groups in total. The molecule has 3 aromatic rings. The number of hydrogen-bond acceptors (Lipinski definition) is 6. The molecule has 0 bridgehead atoms. The second-order valence-corrected chi connectivity index (χ2v) is 10.0. The molecule has 0 fully saturated rings. The average Bonchev–Trinajstić information content (AvgIpc) is 2.76. The molecule has 0 unspecified atom stereocenters. The van der Waals surface area contributed by atoms with Crippen molar-refractivity contribution >= 4 is 23.0 Å². The Hall–Kier alpha value is -3.61. The molecule has 0 spiro atoms. The van der Waals surface area contributed by atoms with Gasteiger partial charge in [0.05, 0.1) is 0 Å². The van der Waals surface area contributed by atoms with Crippen LogP contribution >= 0.6 is 0 Å². The fourth-order valence-corrected chi connectivity index (χ4v) is 3.79. The van der Waals surface area contributed by atoms with Gasteiger partial charge in [0.25, 0.3) is 0 Å². The van der Waals surface area contributed by atoms with E-state index in [0.717, 1.165) is 16.5 Å². The summed E-state index contributed by atoms with van der Waals surface area (Å²) in [6.45, 7) is 12.5. The van der Waals surface area contributed by atoms with Gasteiger partial charge < -0.3 is 19.2 Å². The molecular weight excluding hydrogens is 446 g/mol. The maximum absolute atomic E-state index is 12.9. The minimum Gasteiger partial charge on any atom is -0.444 e. The smallest absolute Gasteiger partial charge is 0.408 e. The van der Waals surface area contributed by atoms with E-state index in [1.54, 1.807) is 53.7 Å². The first-order valence-corrected chi connectivity index (χ1v) is 11.7. The topological polar surface area (TPSA) is 94.8 Å². The Morgan fingerprint density at radius 2 is 1.66 bits per heavy atom. The van der Waals surface area contributed by atoms with Crippen LogP contribution in [0.2, 0.25) is 0 Å². The number of ether oxygens (including phenoxy) is 2. The predicted octanol–water partition coefficient (Wildman–Crippen LogP) is 5.46. The summed E-state index contributed by atoms with van der Waals surface area (Å²) in [6.07, 6.45) is -0.233. The third-order valence-corrected chi connectivity index (χ3v) is 5.68. The molecule has 1 heterocycles. The van der Waals surface area contributed by atoms with E-state index >= 15 is 0 Å². The molecule has 0 radical (unpaired) electrons. The monoisotopic (exact) mass is 479 g/mol. The minimum atomic E-state index is -0.915. The Labute approximate surface area is 205 Å². The number of nitrogens with one attached hydrogen (secondary N) is 1. The van der Waals surface area contributed by atoms with Gasteiger partial charge in [-0.1, -0.05) is 44.2 Å². The van der Waals surface area contributed by atoms with Crippen LogP contribution < -0.4 is 15.7 Å². The normalized spacial score (nSPS) is 12.5. The van der Waals surface area contributed by atoms with Crippen LogP contribution in [-0.4, -0.2) is 23.7 Å². The minimum absolute atomic E-state index is 0.239. The largest absolute Gasteiger partial charge is 0.444 e. The van der Waals surface area contributed by atoms with E-state index in [1.807, 2.05) is 37.3 Å². The van der Waals surface area contributed by atoms with Crippen LogP contribution in [-0.2, 0) is 16.0 Å². The standard InChI is InChI=1S/C28H33NO6/c1-16(2)23(29-27(32)35-28(5,6)7)26(31)33-22-14-13-20-17(3)21(15-19-11-9-8-10-12-19)25(30)34-24(20)18(22)4/h8-14,16,23H,15H2,1-7H3,(H,29,32)/t23-/m1/s1. The predicted molar refractivity (Wildman–Crippen MR) is 135 cm³/mol. The third-order valence-electron chi connectivity index (χ3n) is 5.68. The molecule has 35 heavy (non-hydrogen) atoms. The highest BCUT2D eigenvalue weighted by atomic mass is 16.6. The number of benzene rings is 2. The van der Waals surface area contributed by atoms with E-state index in [2.05, 4.69) is 5.32 Å². The molecule has 0 saturated heterocycles. The van der Waals surface area contributed by atoms with Crippen molar-refractivity contribution in [2.75, 3.05) is 0 Å². The maximum Gasteiger partial charge on any atom is 0.408 e. The number of fused-ring (bicyclic) bond motifs is 1. The highest BCUT2D eigenvalue weighted by Crippen LogP contribution is 2.30. The zero-order chi connectivity index (χ0) is 25.9. The maximum atomic E-state index is 12.9. The molecule has 7 nitrogen and oxygen atoms in total. The number of carbonyl (C=O) groups excluding carboxylic acids is 2. The van der Waals surface area contributed by atoms with Crippen molar-refractivity contribution in [1.82, 2.24) is 5.32 Å². The number of hydrogen-bond donors (Lipinski definition) is 1. The van der Waals surface area contributed by atoms with Crippen molar-refractivity contribution in [3.05, 3.63) is 75.1 Å². The van der Waals surface area contributed by atoms with Gasteiger partial charge in [0, 0.05) is 22.9 Å². The fourth-order valence-electron chi connectivity index (χ4n) is 3.79. The quantitative estimate of drug-likeness (QED) is 0.287. The number of alkyl carbamates (subject to hydrolysis) is 1. The Balaban J connectivity index is 1.88. The molecule has 7 heteroatoms. The van der Waals surface area contributed by atoms with Gasteiger partial charge in [-0.2, -0.15) is 0 Å². The lowest BCUT2D eigenvalue weighted by Gasteiger charge is -2.24. The zero-order valence-electron chi connectivity index (χ0n) is 21.4. The lowest BCUT2D eigenvalue weighted by atomic mass is 9.98. The number of amides is 1. The molecule has 1 amide bonds. The van der Waals surface area contributed by atoms with E-state index in [-0.39, 0.29) is 11.7 Å². The molecule has 0 aliphatic carbocycles. The summed E-state index contributed by atoms with van der Waals surface area (Å²) in [4.78, 5) is 38.0. The van der Waals surface area contributed by atoms with Gasteiger partial charge in [0.2, 0.25) is 0 Å². The SMILES string of the molecule is Cc1c(Cc2ccccc2)c(=O)oc2c(C)c(OC(=O)[C@H](NC(=O)OC(C)(C)C)C(C)C)ccc12. The van der Waals surface area contributed by atoms with E-state index in [1.165, 1.54) is 0 Å². The van der Waals surface area contributed by atoms with E-state index < -0.39 is 29.3 Å². The first-order chi connectivity index (χ1) is 16.4. The van der Waals surface area contributed by atoms with Gasteiger partial charge in [0.1, 0.15) is 23.0 Å². The summed E-state index contributed by atoms with van der Waals surface area (Å²) in [5, 5.41) is 3.37. The average molecular weight is 480 g/mol. The van der Waals surface area contributed by atoms with Crippen LogP contribution in [0.15, 0.2) is 51.7 Å². The second-order valence-electron chi connectivity index (χ2n) is 10.0. The molecule has 1 aromatic heterocycles. The number of aryl methyl sites for hydroxylation is 2. The first kappa shape index (κ1) is 26.0. The van der Waals surface area contributed by atoms with E-state index in [0.29, 0.717) is 23.1 Å².